The number of terminal acetylenes is 1. The van der Waals surface area contributed by atoms with Crippen LogP contribution in [0, 0.1) is 12.3 Å². The average molecular weight is 522 g/mol. The second-order valence-electron chi connectivity index (χ2n) is 6.11. The fourth-order valence-electron chi connectivity index (χ4n) is 2.62. The van der Waals surface area contributed by atoms with Gasteiger partial charge in [0.25, 0.3) is 5.56 Å². The first-order valence-corrected chi connectivity index (χ1v) is 12.7. The largest absolute Gasteiger partial charge is 0.490 e. The number of hydrogen-bond acceptors (Lipinski definition) is 11. The Morgan fingerprint density at radius 2 is 1.72 bits per heavy atom. The van der Waals surface area contributed by atoms with E-state index in [-0.39, 0.29) is 12.1 Å². The quantitative estimate of drug-likeness (QED) is 0.132. The van der Waals surface area contributed by atoms with Gasteiger partial charge in [-0.25, -0.2) is 18.5 Å². The first kappa shape index (κ1) is 26.8. The summed E-state index contributed by atoms with van der Waals surface area (Å²) in [6, 6.07) is 0.948. The third-order valence-electron chi connectivity index (χ3n) is 3.75. The van der Waals surface area contributed by atoms with Crippen molar-refractivity contribution in [1.82, 2.24) is 9.55 Å². The first-order chi connectivity index (χ1) is 14.6. The number of phosphoric acid groups is 3. The number of aromatic nitrogens is 2. The molecule has 180 valence electrons. The first-order valence-electron chi connectivity index (χ1n) is 8.13. The lowest BCUT2D eigenvalue weighted by Crippen LogP contribution is -2.39. The minimum absolute atomic E-state index is 0.0639. The van der Waals surface area contributed by atoms with Gasteiger partial charge in [0.15, 0.2) is 6.23 Å². The summed E-state index contributed by atoms with van der Waals surface area (Å²) in [7, 11) is -16.9. The number of rotatable bonds is 9. The zero-order valence-corrected chi connectivity index (χ0v) is 18.2. The van der Waals surface area contributed by atoms with E-state index in [1.807, 2.05) is 4.98 Å². The predicted octanol–water partition coefficient (Wildman–Crippen LogP) is -2.33. The van der Waals surface area contributed by atoms with Crippen LogP contribution in [0.2, 0.25) is 0 Å². The zero-order valence-electron chi connectivity index (χ0n) is 15.5. The number of aromatic amines is 1. The SMILES string of the molecule is C#CCc1cc(=O)[nH]c(=O)n1[C@@H]1O[C@H](COP(=O)(O)OP(=O)(O)OP(=O)(O)O)[C@@H](O)[C@H]1O. The third-order valence-corrected chi connectivity index (χ3v) is 7.55. The summed E-state index contributed by atoms with van der Waals surface area (Å²) >= 11 is 0. The maximum atomic E-state index is 12.2. The second-order valence-corrected chi connectivity index (χ2v) is 10.5. The molecule has 0 aromatic carbocycles. The molecule has 1 aliphatic rings. The molecule has 17 nitrogen and oxygen atoms in total. The number of phosphoric ester groups is 1. The topological polar surface area (TPSA) is 264 Å². The number of ether oxygens (including phenoxy) is 1. The highest BCUT2D eigenvalue weighted by molar-refractivity contribution is 7.66. The summed E-state index contributed by atoms with van der Waals surface area (Å²) in [5, 5.41) is 20.3. The molecule has 32 heavy (non-hydrogen) atoms. The third kappa shape index (κ3) is 7.01. The van der Waals surface area contributed by atoms with Gasteiger partial charge in [0.1, 0.15) is 18.3 Å². The van der Waals surface area contributed by atoms with Crippen LogP contribution in [-0.2, 0) is 38.0 Å². The van der Waals surface area contributed by atoms with Gasteiger partial charge in [0.05, 0.1) is 6.61 Å². The lowest BCUT2D eigenvalue weighted by Gasteiger charge is -2.20. The van der Waals surface area contributed by atoms with E-state index < -0.39 is 65.9 Å². The van der Waals surface area contributed by atoms with Crippen LogP contribution in [-0.4, -0.2) is 64.3 Å². The highest BCUT2D eigenvalue weighted by Gasteiger charge is 2.47. The van der Waals surface area contributed by atoms with E-state index in [0.717, 1.165) is 10.6 Å². The van der Waals surface area contributed by atoms with Gasteiger partial charge in [-0.1, -0.05) is 0 Å². The van der Waals surface area contributed by atoms with E-state index in [2.05, 4.69) is 19.1 Å². The molecular formula is C12H17N2O15P3. The molecule has 2 heterocycles. The summed E-state index contributed by atoms with van der Waals surface area (Å²) < 4.78 is 51.1. The van der Waals surface area contributed by atoms with E-state index in [4.69, 9.17) is 25.8 Å². The second kappa shape index (κ2) is 9.80. The van der Waals surface area contributed by atoms with Crippen LogP contribution in [0.4, 0.5) is 0 Å². The van der Waals surface area contributed by atoms with Gasteiger partial charge < -0.3 is 34.5 Å². The highest BCUT2D eigenvalue weighted by atomic mass is 31.3. The molecule has 20 heteroatoms. The number of aliphatic hydroxyl groups is 2. The van der Waals surface area contributed by atoms with Gasteiger partial charge in [-0.05, 0) is 0 Å². The van der Waals surface area contributed by atoms with E-state index in [0.29, 0.717) is 0 Å². The van der Waals surface area contributed by atoms with Crippen molar-refractivity contribution in [1.29, 1.82) is 0 Å². The number of aliphatic hydroxyl groups excluding tert-OH is 2. The van der Waals surface area contributed by atoms with Gasteiger partial charge in [-0.2, -0.15) is 8.62 Å². The van der Waals surface area contributed by atoms with E-state index in [1.54, 1.807) is 0 Å². The van der Waals surface area contributed by atoms with Gasteiger partial charge >= 0.3 is 29.2 Å². The zero-order chi connectivity index (χ0) is 24.5. The molecule has 1 aliphatic heterocycles. The van der Waals surface area contributed by atoms with Crippen molar-refractivity contribution in [3.63, 3.8) is 0 Å². The van der Waals surface area contributed by atoms with Crippen molar-refractivity contribution in [3.8, 4) is 12.3 Å². The summed E-state index contributed by atoms with van der Waals surface area (Å²) in [5.74, 6) is 2.18. The Kier molecular flexibility index (Phi) is 8.20. The molecule has 0 saturated carbocycles. The number of hydrogen-bond donors (Lipinski definition) is 7. The molecule has 1 fully saturated rings. The minimum atomic E-state index is -5.76. The van der Waals surface area contributed by atoms with Gasteiger partial charge in [0, 0.05) is 18.2 Å². The van der Waals surface area contributed by atoms with Gasteiger partial charge in [-0.15, -0.1) is 12.3 Å². The summed E-state index contributed by atoms with van der Waals surface area (Å²) in [6.45, 7) is -1.08. The molecule has 2 rings (SSSR count). The van der Waals surface area contributed by atoms with E-state index in [9.17, 15) is 38.4 Å². The Morgan fingerprint density at radius 1 is 1.09 bits per heavy atom. The molecule has 0 spiro atoms. The number of nitrogens with one attached hydrogen (secondary N) is 1. The molecule has 0 radical (unpaired) electrons. The Labute approximate surface area is 177 Å². The monoisotopic (exact) mass is 522 g/mol. The van der Waals surface area contributed by atoms with Crippen molar-refractivity contribution >= 4 is 23.5 Å². The van der Waals surface area contributed by atoms with E-state index in [1.165, 1.54) is 0 Å². The van der Waals surface area contributed by atoms with Crippen LogP contribution < -0.4 is 11.2 Å². The fourth-order valence-corrected chi connectivity index (χ4v) is 5.65. The van der Waals surface area contributed by atoms with Crippen LogP contribution in [0.3, 0.4) is 0 Å². The van der Waals surface area contributed by atoms with Crippen molar-refractivity contribution in [2.45, 2.75) is 31.0 Å². The number of nitrogens with zero attached hydrogens (tertiary/aromatic N) is 1. The smallest absolute Gasteiger partial charge is 0.387 e. The van der Waals surface area contributed by atoms with Crippen LogP contribution in [0.15, 0.2) is 15.7 Å². The lowest BCUT2D eigenvalue weighted by atomic mass is 10.1. The summed E-state index contributed by atoms with van der Waals surface area (Å²) in [4.78, 5) is 61.1. The minimum Gasteiger partial charge on any atom is -0.387 e. The lowest BCUT2D eigenvalue weighted by molar-refractivity contribution is -0.0553. The van der Waals surface area contributed by atoms with Crippen LogP contribution in [0.25, 0.3) is 0 Å². The molecule has 0 bridgehead atoms. The normalized spacial score (nSPS) is 27.4. The van der Waals surface area contributed by atoms with Crippen LogP contribution in [0.5, 0.6) is 0 Å². The van der Waals surface area contributed by atoms with E-state index >= 15 is 0 Å². The fraction of sp³-hybridized carbons (Fsp3) is 0.500. The maximum absolute atomic E-state index is 12.2. The standard InChI is InChI=1S/C12H17N2O15P3/c1-2-3-6-4-8(15)13-12(18)14(6)11-10(17)9(16)7(27-11)5-26-31(22,23)29-32(24,25)28-30(19,20)21/h1,4,7,9-11,16-17H,3,5H2,(H,22,23)(H,24,25)(H,13,15,18)(H2,19,20,21)/t7-,9-,10-,11-/m1/s1. The molecule has 0 amide bonds. The summed E-state index contributed by atoms with van der Waals surface area (Å²) in [5.41, 5.74) is -1.91. The predicted molar refractivity (Wildman–Crippen MR) is 99.6 cm³/mol. The average Bonchev–Trinajstić information content (AvgIpc) is 2.85. The highest BCUT2D eigenvalue weighted by Crippen LogP contribution is 2.66. The van der Waals surface area contributed by atoms with Crippen molar-refractivity contribution in [2.24, 2.45) is 0 Å². The molecular weight excluding hydrogens is 505 g/mol. The molecule has 7 N–H and O–H groups in total. The molecule has 2 unspecified atom stereocenters. The van der Waals surface area contributed by atoms with Gasteiger partial charge in [0.2, 0.25) is 0 Å². The van der Waals surface area contributed by atoms with Gasteiger partial charge in [-0.3, -0.25) is 18.9 Å². The Hall–Kier alpha value is -1.47. The van der Waals surface area contributed by atoms with Crippen molar-refractivity contribution < 1.29 is 61.4 Å². The molecule has 1 saturated heterocycles. The Morgan fingerprint density at radius 3 is 2.28 bits per heavy atom. The molecule has 0 aliphatic carbocycles. The maximum Gasteiger partial charge on any atom is 0.490 e. The summed E-state index contributed by atoms with van der Waals surface area (Å²) in [6.07, 6.45) is -2.00. The Balaban J connectivity index is 2.17. The molecule has 1 aromatic rings. The molecule has 1 aromatic heterocycles. The number of H-pyrrole nitrogens is 1. The van der Waals surface area contributed by atoms with Crippen molar-refractivity contribution in [3.05, 3.63) is 32.6 Å². The Bertz CT molecular complexity index is 1150. The van der Waals surface area contributed by atoms with Crippen LogP contribution in [0.1, 0.15) is 11.9 Å². The van der Waals surface area contributed by atoms with Crippen molar-refractivity contribution in [2.75, 3.05) is 6.61 Å². The van der Waals surface area contributed by atoms with Crippen LogP contribution >= 0.6 is 23.5 Å². The molecule has 6 atom stereocenters.